The Labute approximate surface area is 105 Å². The highest BCUT2D eigenvalue weighted by Crippen LogP contribution is 2.32. The number of fused-ring (bicyclic) bond motifs is 1. The Bertz CT molecular complexity index is 510. The molecule has 0 bridgehead atoms. The number of benzene rings is 1. The van der Waals surface area contributed by atoms with E-state index in [1.807, 2.05) is 6.07 Å². The molecule has 1 atom stereocenters. The predicted octanol–water partition coefficient (Wildman–Crippen LogP) is 2.01. The van der Waals surface area contributed by atoms with Crippen LogP contribution in [0.1, 0.15) is 19.3 Å². The zero-order valence-corrected chi connectivity index (χ0v) is 10.5. The number of aromatic nitrogens is 2. The molecule has 2 N–H and O–H groups in total. The van der Waals surface area contributed by atoms with Crippen molar-refractivity contribution >= 4 is 27.4 Å². The first kappa shape index (κ1) is 10.9. The van der Waals surface area contributed by atoms with Crippen molar-refractivity contribution in [1.29, 1.82) is 0 Å². The number of nitrogens with two attached hydrogens (primary N) is 1. The molecule has 0 spiro atoms. The third-order valence-corrected chi connectivity index (χ3v) is 4.23. The van der Waals surface area contributed by atoms with E-state index >= 15 is 0 Å². The molecule has 2 aromatic rings. The van der Waals surface area contributed by atoms with Crippen molar-refractivity contribution in [2.75, 3.05) is 18.0 Å². The summed E-state index contributed by atoms with van der Waals surface area (Å²) < 4.78 is 5.23. The fourth-order valence-electron chi connectivity index (χ4n) is 2.58. The van der Waals surface area contributed by atoms with Crippen LogP contribution >= 0.6 is 11.5 Å². The van der Waals surface area contributed by atoms with Crippen LogP contribution in [0, 0.1) is 0 Å². The fraction of sp³-hybridized carbons (Fsp3) is 0.500. The highest BCUT2D eigenvalue weighted by Gasteiger charge is 2.23. The van der Waals surface area contributed by atoms with Gasteiger partial charge in [-0.05, 0) is 42.9 Å². The van der Waals surface area contributed by atoms with E-state index in [1.165, 1.54) is 41.2 Å². The van der Waals surface area contributed by atoms with Crippen molar-refractivity contribution in [3.63, 3.8) is 0 Å². The van der Waals surface area contributed by atoms with Gasteiger partial charge in [-0.2, -0.15) is 0 Å². The first-order valence-corrected chi connectivity index (χ1v) is 6.85. The van der Waals surface area contributed by atoms with Gasteiger partial charge in [-0.3, -0.25) is 0 Å². The Hall–Kier alpha value is -1.20. The quantitative estimate of drug-likeness (QED) is 0.883. The topological polar surface area (TPSA) is 55.0 Å². The molecular weight excluding hydrogens is 232 g/mol. The molecule has 0 radical (unpaired) electrons. The Kier molecular flexibility index (Phi) is 2.94. The van der Waals surface area contributed by atoms with Gasteiger partial charge in [-0.25, -0.2) is 0 Å². The lowest BCUT2D eigenvalue weighted by molar-refractivity contribution is 0.466. The third kappa shape index (κ3) is 1.89. The van der Waals surface area contributed by atoms with Gasteiger partial charge in [0.2, 0.25) is 0 Å². The average molecular weight is 248 g/mol. The lowest BCUT2D eigenvalue weighted by Gasteiger charge is -2.37. The van der Waals surface area contributed by atoms with E-state index in [0.29, 0.717) is 6.04 Å². The van der Waals surface area contributed by atoms with Gasteiger partial charge < -0.3 is 10.6 Å². The van der Waals surface area contributed by atoms with E-state index in [2.05, 4.69) is 26.6 Å². The molecule has 1 aromatic heterocycles. The smallest absolute Gasteiger partial charge is 0.108 e. The van der Waals surface area contributed by atoms with Gasteiger partial charge in [0.05, 0.1) is 10.4 Å². The van der Waals surface area contributed by atoms with Crippen molar-refractivity contribution in [3.05, 3.63) is 18.2 Å². The highest BCUT2D eigenvalue weighted by atomic mass is 32.1. The van der Waals surface area contributed by atoms with E-state index in [4.69, 9.17) is 5.73 Å². The lowest BCUT2D eigenvalue weighted by Crippen LogP contribution is -2.44. The molecule has 0 aliphatic carbocycles. The molecule has 4 nitrogen and oxygen atoms in total. The average Bonchev–Trinajstić information content (AvgIpc) is 2.86. The van der Waals surface area contributed by atoms with Crippen LogP contribution in [0.4, 0.5) is 5.69 Å². The molecule has 1 aliphatic heterocycles. The first-order valence-electron chi connectivity index (χ1n) is 6.08. The maximum Gasteiger partial charge on any atom is 0.108 e. The maximum absolute atomic E-state index is 5.88. The summed E-state index contributed by atoms with van der Waals surface area (Å²) in [5.41, 5.74) is 8.13. The van der Waals surface area contributed by atoms with Crippen molar-refractivity contribution < 1.29 is 0 Å². The van der Waals surface area contributed by atoms with Gasteiger partial charge in [0.1, 0.15) is 5.52 Å². The monoisotopic (exact) mass is 248 g/mol. The number of hydrogen-bond acceptors (Lipinski definition) is 5. The molecule has 0 amide bonds. The van der Waals surface area contributed by atoms with E-state index in [-0.39, 0.29) is 0 Å². The minimum Gasteiger partial charge on any atom is -0.366 e. The van der Waals surface area contributed by atoms with Gasteiger partial charge >= 0.3 is 0 Å². The first-order chi connectivity index (χ1) is 8.40. The molecule has 0 saturated carbocycles. The van der Waals surface area contributed by atoms with Crippen molar-refractivity contribution in [2.24, 2.45) is 5.73 Å². The Balaban J connectivity index is 2.04. The summed E-state index contributed by atoms with van der Waals surface area (Å²) in [6, 6.07) is 6.71. The van der Waals surface area contributed by atoms with Crippen LogP contribution < -0.4 is 10.6 Å². The van der Waals surface area contributed by atoms with Crippen molar-refractivity contribution in [2.45, 2.75) is 25.3 Å². The van der Waals surface area contributed by atoms with Crippen LogP contribution in [0.25, 0.3) is 10.2 Å². The van der Waals surface area contributed by atoms with Gasteiger partial charge in [-0.15, -0.1) is 5.10 Å². The largest absolute Gasteiger partial charge is 0.366 e. The molecule has 90 valence electrons. The Morgan fingerprint density at radius 2 is 2.35 bits per heavy atom. The number of piperidine rings is 1. The molecule has 1 aliphatic rings. The second-order valence-corrected chi connectivity index (χ2v) is 5.23. The van der Waals surface area contributed by atoms with Crippen LogP contribution in [-0.4, -0.2) is 28.7 Å². The number of nitrogens with zero attached hydrogens (tertiary/aromatic N) is 3. The minimum atomic E-state index is 0.469. The van der Waals surface area contributed by atoms with Crippen LogP contribution in [0.5, 0.6) is 0 Å². The summed E-state index contributed by atoms with van der Waals surface area (Å²) >= 11 is 1.48. The van der Waals surface area contributed by atoms with E-state index in [1.54, 1.807) is 0 Å². The Morgan fingerprint density at radius 1 is 1.41 bits per heavy atom. The summed E-state index contributed by atoms with van der Waals surface area (Å²) in [7, 11) is 0. The number of hydrogen-bond donors (Lipinski definition) is 1. The normalized spacial score (nSPS) is 21.0. The summed E-state index contributed by atoms with van der Waals surface area (Å²) in [5.74, 6) is 0. The van der Waals surface area contributed by atoms with Gasteiger partial charge in [0.15, 0.2) is 0 Å². The van der Waals surface area contributed by atoms with E-state index in [9.17, 15) is 0 Å². The third-order valence-electron chi connectivity index (χ3n) is 3.46. The van der Waals surface area contributed by atoms with Crippen LogP contribution in [0.15, 0.2) is 18.2 Å². The molecule has 5 heteroatoms. The number of rotatable bonds is 2. The molecule has 1 aromatic carbocycles. The van der Waals surface area contributed by atoms with E-state index in [0.717, 1.165) is 18.6 Å². The summed E-state index contributed by atoms with van der Waals surface area (Å²) in [6.45, 7) is 1.82. The standard InChI is InChI=1S/C12H16N4S/c13-8-9-4-1-2-7-16(9)11-6-3-5-10-12(11)17-15-14-10/h3,5-6,9H,1-2,4,7-8,13H2. The molecule has 1 unspecified atom stereocenters. The van der Waals surface area contributed by atoms with Crippen LogP contribution in [0.2, 0.25) is 0 Å². The molecule has 17 heavy (non-hydrogen) atoms. The zero-order chi connectivity index (χ0) is 11.7. The Morgan fingerprint density at radius 3 is 3.24 bits per heavy atom. The summed E-state index contributed by atoms with van der Waals surface area (Å²) in [6.07, 6.45) is 3.73. The van der Waals surface area contributed by atoms with Gasteiger partial charge in [0.25, 0.3) is 0 Å². The molecular formula is C12H16N4S. The summed E-state index contributed by atoms with van der Waals surface area (Å²) in [5, 5.41) is 4.14. The van der Waals surface area contributed by atoms with Crippen molar-refractivity contribution in [3.8, 4) is 0 Å². The lowest BCUT2D eigenvalue weighted by atomic mass is 10.0. The van der Waals surface area contributed by atoms with Crippen LogP contribution in [-0.2, 0) is 0 Å². The molecule has 1 saturated heterocycles. The minimum absolute atomic E-state index is 0.469. The van der Waals surface area contributed by atoms with Gasteiger partial charge in [-0.1, -0.05) is 10.6 Å². The zero-order valence-electron chi connectivity index (χ0n) is 9.67. The maximum atomic E-state index is 5.88. The fourth-order valence-corrected chi connectivity index (χ4v) is 3.27. The second-order valence-electron chi connectivity index (χ2n) is 4.48. The van der Waals surface area contributed by atoms with E-state index < -0.39 is 0 Å². The number of anilines is 1. The highest BCUT2D eigenvalue weighted by molar-refractivity contribution is 7.13. The SMILES string of the molecule is NCC1CCCCN1c1cccc2nnsc12. The molecule has 1 fully saturated rings. The van der Waals surface area contributed by atoms with Gasteiger partial charge in [0, 0.05) is 19.1 Å². The predicted molar refractivity (Wildman–Crippen MR) is 71.5 cm³/mol. The second kappa shape index (κ2) is 4.58. The summed E-state index contributed by atoms with van der Waals surface area (Å²) in [4.78, 5) is 2.44. The molecule has 2 heterocycles. The van der Waals surface area contributed by atoms with Crippen LogP contribution in [0.3, 0.4) is 0 Å². The van der Waals surface area contributed by atoms with Crippen molar-refractivity contribution in [1.82, 2.24) is 9.59 Å². The molecule has 3 rings (SSSR count).